The first-order chi connectivity index (χ1) is 8.15. The summed E-state index contributed by atoms with van der Waals surface area (Å²) >= 11 is 0. The van der Waals surface area contributed by atoms with Crippen LogP contribution >= 0.6 is 0 Å². The van der Waals surface area contributed by atoms with Gasteiger partial charge >= 0.3 is 0 Å². The fourth-order valence-electron chi connectivity index (χ4n) is 1.86. The lowest BCUT2D eigenvalue weighted by atomic mass is 10.1. The van der Waals surface area contributed by atoms with E-state index in [1.807, 2.05) is 6.07 Å². The molecule has 1 rings (SSSR count). The molecule has 0 bridgehead atoms. The van der Waals surface area contributed by atoms with Gasteiger partial charge in [0.2, 0.25) is 11.8 Å². The van der Waals surface area contributed by atoms with Crippen LogP contribution < -0.4 is 0 Å². The molecule has 5 nitrogen and oxygen atoms in total. The van der Waals surface area contributed by atoms with E-state index >= 15 is 0 Å². The van der Waals surface area contributed by atoms with Crippen molar-refractivity contribution in [3.63, 3.8) is 0 Å². The maximum Gasteiger partial charge on any atom is 0.224 e. The summed E-state index contributed by atoms with van der Waals surface area (Å²) in [5.41, 5.74) is 0. The van der Waals surface area contributed by atoms with Crippen LogP contribution in [0.4, 0.5) is 0 Å². The summed E-state index contributed by atoms with van der Waals surface area (Å²) in [5, 5.41) is 8.42. The van der Waals surface area contributed by atoms with E-state index in [9.17, 15) is 9.59 Å². The minimum atomic E-state index is -0.00127. The van der Waals surface area contributed by atoms with Crippen LogP contribution in [0, 0.1) is 11.3 Å². The van der Waals surface area contributed by atoms with E-state index in [0.717, 1.165) is 19.4 Å². The van der Waals surface area contributed by atoms with Crippen molar-refractivity contribution in [1.29, 1.82) is 5.26 Å². The molecule has 0 saturated carbocycles. The molecular formula is C12H19N3O2. The van der Waals surface area contributed by atoms with E-state index in [2.05, 4.69) is 0 Å². The van der Waals surface area contributed by atoms with Crippen molar-refractivity contribution in [3.05, 3.63) is 0 Å². The number of hydrogen-bond acceptors (Lipinski definition) is 3. The second kappa shape index (κ2) is 6.89. The molecule has 2 amide bonds. The van der Waals surface area contributed by atoms with Crippen LogP contribution in [0.15, 0.2) is 0 Å². The summed E-state index contributed by atoms with van der Waals surface area (Å²) in [4.78, 5) is 26.5. The molecule has 0 aromatic rings. The molecule has 0 radical (unpaired) electrons. The first-order valence-electron chi connectivity index (χ1n) is 6.04. The van der Waals surface area contributed by atoms with Crippen molar-refractivity contribution < 1.29 is 9.59 Å². The molecule has 17 heavy (non-hydrogen) atoms. The van der Waals surface area contributed by atoms with Crippen molar-refractivity contribution >= 4 is 11.8 Å². The smallest absolute Gasteiger partial charge is 0.224 e. The quantitative estimate of drug-likeness (QED) is 0.709. The Morgan fingerprint density at radius 1 is 1.53 bits per heavy atom. The number of rotatable bonds is 5. The Kier molecular flexibility index (Phi) is 5.47. The van der Waals surface area contributed by atoms with Gasteiger partial charge in [-0.15, -0.1) is 0 Å². The lowest BCUT2D eigenvalue weighted by Crippen LogP contribution is -2.38. The number of piperidine rings is 1. The first-order valence-corrected chi connectivity index (χ1v) is 6.04. The summed E-state index contributed by atoms with van der Waals surface area (Å²) in [5.74, 6) is 0.155. The molecule has 0 unspecified atom stereocenters. The van der Waals surface area contributed by atoms with Crippen LogP contribution in [-0.4, -0.2) is 48.3 Å². The van der Waals surface area contributed by atoms with Crippen LogP contribution in [0.1, 0.15) is 32.1 Å². The summed E-state index contributed by atoms with van der Waals surface area (Å²) < 4.78 is 0. The predicted molar refractivity (Wildman–Crippen MR) is 62.9 cm³/mol. The lowest BCUT2D eigenvalue weighted by molar-refractivity contribution is -0.135. The Bertz CT molecular complexity index is 322. The van der Waals surface area contributed by atoms with Crippen LogP contribution in [-0.2, 0) is 9.59 Å². The number of likely N-dealkylation sites (tertiary alicyclic amines) is 1. The molecule has 1 aliphatic rings. The maximum absolute atomic E-state index is 11.7. The van der Waals surface area contributed by atoms with Gasteiger partial charge in [0.1, 0.15) is 0 Å². The number of carbonyl (C=O) groups is 2. The average Bonchev–Trinajstić information content (AvgIpc) is 2.34. The molecule has 0 aromatic heterocycles. The van der Waals surface area contributed by atoms with Crippen molar-refractivity contribution in [2.75, 3.05) is 26.7 Å². The van der Waals surface area contributed by atoms with Crippen LogP contribution in [0.2, 0.25) is 0 Å². The monoisotopic (exact) mass is 237 g/mol. The fourth-order valence-corrected chi connectivity index (χ4v) is 1.86. The zero-order valence-electron chi connectivity index (χ0n) is 10.3. The Morgan fingerprint density at radius 2 is 2.29 bits per heavy atom. The third kappa shape index (κ3) is 4.43. The zero-order chi connectivity index (χ0) is 12.7. The van der Waals surface area contributed by atoms with Gasteiger partial charge in [0.25, 0.3) is 0 Å². The van der Waals surface area contributed by atoms with Crippen molar-refractivity contribution in [3.8, 4) is 6.07 Å². The molecule has 1 heterocycles. The highest BCUT2D eigenvalue weighted by Gasteiger charge is 2.19. The summed E-state index contributed by atoms with van der Waals surface area (Å²) in [6, 6.07) is 2.01. The van der Waals surface area contributed by atoms with E-state index in [4.69, 9.17) is 5.26 Å². The normalized spacial score (nSPS) is 15.5. The lowest BCUT2D eigenvalue weighted by Gasteiger charge is -2.27. The number of carbonyl (C=O) groups excluding carboxylic acids is 2. The third-order valence-corrected chi connectivity index (χ3v) is 3.00. The molecule has 0 aliphatic carbocycles. The average molecular weight is 237 g/mol. The van der Waals surface area contributed by atoms with Gasteiger partial charge in [-0.3, -0.25) is 9.59 Å². The molecule has 1 aliphatic heterocycles. The zero-order valence-corrected chi connectivity index (χ0v) is 10.3. The molecule has 0 atom stereocenters. The first kappa shape index (κ1) is 13.5. The topological polar surface area (TPSA) is 64.4 Å². The van der Waals surface area contributed by atoms with Crippen LogP contribution in [0.5, 0.6) is 0 Å². The highest BCUT2D eigenvalue weighted by molar-refractivity contribution is 5.79. The number of amides is 2. The molecular weight excluding hydrogens is 218 g/mol. The van der Waals surface area contributed by atoms with E-state index in [1.54, 1.807) is 16.8 Å². The Morgan fingerprint density at radius 3 is 2.94 bits per heavy atom. The van der Waals surface area contributed by atoms with Crippen molar-refractivity contribution in [1.82, 2.24) is 9.80 Å². The minimum absolute atomic E-state index is 0.00127. The van der Waals surface area contributed by atoms with E-state index in [-0.39, 0.29) is 11.8 Å². The van der Waals surface area contributed by atoms with Gasteiger partial charge in [-0.1, -0.05) is 0 Å². The third-order valence-electron chi connectivity index (χ3n) is 3.00. The van der Waals surface area contributed by atoms with Gasteiger partial charge in [-0.2, -0.15) is 5.26 Å². The van der Waals surface area contributed by atoms with Gasteiger partial charge in [0.05, 0.1) is 12.5 Å². The SMILES string of the molecule is CN(CCC#N)C(=O)CCN1CCCCC1=O. The fraction of sp³-hybridized carbons (Fsp3) is 0.750. The van der Waals surface area contributed by atoms with E-state index in [1.165, 1.54) is 0 Å². The molecule has 94 valence electrons. The van der Waals surface area contributed by atoms with Gasteiger partial charge in [0.15, 0.2) is 0 Å². The molecule has 1 saturated heterocycles. The second-order valence-corrected chi connectivity index (χ2v) is 4.31. The number of nitrogens with zero attached hydrogens (tertiary/aromatic N) is 3. The molecule has 0 N–H and O–H groups in total. The van der Waals surface area contributed by atoms with Crippen LogP contribution in [0.3, 0.4) is 0 Å². The Balaban J connectivity index is 2.27. The summed E-state index contributed by atoms with van der Waals surface area (Å²) in [7, 11) is 1.69. The summed E-state index contributed by atoms with van der Waals surface area (Å²) in [6.45, 7) is 1.74. The van der Waals surface area contributed by atoms with Crippen LogP contribution in [0.25, 0.3) is 0 Å². The Hall–Kier alpha value is -1.57. The highest BCUT2D eigenvalue weighted by Crippen LogP contribution is 2.10. The second-order valence-electron chi connectivity index (χ2n) is 4.31. The number of hydrogen-bond donors (Lipinski definition) is 0. The van der Waals surface area contributed by atoms with Crippen molar-refractivity contribution in [2.24, 2.45) is 0 Å². The van der Waals surface area contributed by atoms with E-state index in [0.29, 0.717) is 32.4 Å². The maximum atomic E-state index is 11.7. The minimum Gasteiger partial charge on any atom is -0.345 e. The van der Waals surface area contributed by atoms with Gasteiger partial charge in [0, 0.05) is 39.5 Å². The molecule has 5 heteroatoms. The molecule has 1 fully saturated rings. The van der Waals surface area contributed by atoms with Crippen molar-refractivity contribution in [2.45, 2.75) is 32.1 Å². The van der Waals surface area contributed by atoms with Gasteiger partial charge in [-0.25, -0.2) is 0 Å². The summed E-state index contributed by atoms with van der Waals surface area (Å²) in [6.07, 6.45) is 3.31. The number of nitriles is 1. The standard InChI is InChI=1S/C12H19N3O2/c1-14(8-4-7-13)11(16)6-10-15-9-3-2-5-12(15)17/h2-6,8-10H2,1H3. The largest absolute Gasteiger partial charge is 0.345 e. The van der Waals surface area contributed by atoms with E-state index < -0.39 is 0 Å². The predicted octanol–water partition coefficient (Wildman–Crippen LogP) is 0.761. The molecule has 0 spiro atoms. The van der Waals surface area contributed by atoms with Gasteiger partial charge in [-0.05, 0) is 12.8 Å². The van der Waals surface area contributed by atoms with Gasteiger partial charge < -0.3 is 9.80 Å². The molecule has 0 aromatic carbocycles. The Labute approximate surface area is 102 Å². The highest BCUT2D eigenvalue weighted by atomic mass is 16.2.